The molecule has 0 fully saturated rings. The molecular weight excluding hydrogens is 276 g/mol. The first kappa shape index (κ1) is 14.8. The van der Waals surface area contributed by atoms with Crippen molar-refractivity contribution in [3.05, 3.63) is 28.8 Å². The zero-order chi connectivity index (χ0) is 13.9. The smallest absolute Gasteiger partial charge is 0.251 e. The van der Waals surface area contributed by atoms with Gasteiger partial charge in [-0.25, -0.2) is 8.42 Å². The molecule has 0 aliphatic heterocycles. The van der Waals surface area contributed by atoms with Gasteiger partial charge in [0.15, 0.2) is 0 Å². The first-order valence-corrected chi connectivity index (χ1v) is 7.66. The standard InChI is InChI=1S/C11H15ClN2O3S/c1-7(6-18(2,16)17)14-11(15)8-3-4-10(13)9(12)5-8/h3-5,7H,6,13H2,1-2H3,(H,14,15). The van der Waals surface area contributed by atoms with Gasteiger partial charge in [-0.15, -0.1) is 0 Å². The molecule has 0 saturated carbocycles. The van der Waals surface area contributed by atoms with Crippen molar-refractivity contribution >= 4 is 33.0 Å². The lowest BCUT2D eigenvalue weighted by atomic mass is 10.2. The molecule has 0 bridgehead atoms. The second-order valence-electron chi connectivity index (χ2n) is 4.20. The van der Waals surface area contributed by atoms with Gasteiger partial charge in [-0.2, -0.15) is 0 Å². The summed E-state index contributed by atoms with van der Waals surface area (Å²) in [5.41, 5.74) is 6.26. The van der Waals surface area contributed by atoms with Crippen LogP contribution in [0.5, 0.6) is 0 Å². The molecule has 1 aromatic rings. The first-order valence-electron chi connectivity index (χ1n) is 5.22. The summed E-state index contributed by atoms with van der Waals surface area (Å²) < 4.78 is 22.1. The predicted molar refractivity (Wildman–Crippen MR) is 72.5 cm³/mol. The Morgan fingerprint density at radius 2 is 2.11 bits per heavy atom. The van der Waals surface area contributed by atoms with Crippen molar-refractivity contribution in [1.82, 2.24) is 5.32 Å². The molecule has 1 amide bonds. The molecule has 0 aliphatic carbocycles. The number of halogens is 1. The fraction of sp³-hybridized carbons (Fsp3) is 0.364. The largest absolute Gasteiger partial charge is 0.398 e. The number of hydrogen-bond donors (Lipinski definition) is 2. The van der Waals surface area contributed by atoms with Crippen LogP contribution in [0, 0.1) is 0 Å². The van der Waals surface area contributed by atoms with E-state index in [1.165, 1.54) is 18.2 Å². The fourth-order valence-electron chi connectivity index (χ4n) is 1.47. The second-order valence-corrected chi connectivity index (χ2v) is 6.80. The third-order valence-electron chi connectivity index (χ3n) is 2.19. The first-order chi connectivity index (χ1) is 8.19. The summed E-state index contributed by atoms with van der Waals surface area (Å²) in [4.78, 5) is 11.8. The van der Waals surface area contributed by atoms with Gasteiger partial charge in [-0.3, -0.25) is 4.79 Å². The Morgan fingerprint density at radius 1 is 1.50 bits per heavy atom. The van der Waals surface area contributed by atoms with Crippen LogP contribution in [0.4, 0.5) is 5.69 Å². The van der Waals surface area contributed by atoms with Crippen molar-refractivity contribution in [2.75, 3.05) is 17.7 Å². The minimum absolute atomic E-state index is 0.110. The van der Waals surface area contributed by atoms with E-state index in [1.807, 2.05) is 0 Å². The molecule has 0 spiro atoms. The maximum atomic E-state index is 11.8. The highest BCUT2D eigenvalue weighted by molar-refractivity contribution is 7.90. The van der Waals surface area contributed by atoms with Crippen LogP contribution in [0.3, 0.4) is 0 Å². The number of carbonyl (C=O) groups excluding carboxylic acids is 1. The van der Waals surface area contributed by atoms with E-state index >= 15 is 0 Å². The van der Waals surface area contributed by atoms with Crippen LogP contribution in [-0.2, 0) is 9.84 Å². The van der Waals surface area contributed by atoms with E-state index in [4.69, 9.17) is 17.3 Å². The summed E-state index contributed by atoms with van der Waals surface area (Å²) in [6.07, 6.45) is 1.12. The number of hydrogen-bond acceptors (Lipinski definition) is 4. The number of rotatable bonds is 4. The zero-order valence-corrected chi connectivity index (χ0v) is 11.7. The minimum atomic E-state index is -3.13. The number of nitrogen functional groups attached to an aromatic ring is 1. The average molecular weight is 291 g/mol. The summed E-state index contributed by atoms with van der Waals surface area (Å²) in [5, 5.41) is 2.87. The van der Waals surface area contributed by atoms with Gasteiger partial charge in [-0.1, -0.05) is 11.6 Å². The fourth-order valence-corrected chi connectivity index (χ4v) is 2.64. The molecule has 0 aliphatic rings. The molecule has 0 saturated heterocycles. The number of benzene rings is 1. The summed E-state index contributed by atoms with van der Waals surface area (Å²) in [6, 6.07) is 4.03. The Kier molecular flexibility index (Phi) is 4.59. The SMILES string of the molecule is CC(CS(C)(=O)=O)NC(=O)c1ccc(N)c(Cl)c1. The third-order valence-corrected chi connectivity index (χ3v) is 3.63. The lowest BCUT2D eigenvalue weighted by molar-refractivity contribution is 0.0943. The molecule has 5 nitrogen and oxygen atoms in total. The van der Waals surface area contributed by atoms with Crippen LogP contribution in [0.2, 0.25) is 5.02 Å². The highest BCUT2D eigenvalue weighted by Gasteiger charge is 2.14. The van der Waals surface area contributed by atoms with Gasteiger partial charge in [0.2, 0.25) is 0 Å². The number of amides is 1. The molecule has 100 valence electrons. The molecule has 18 heavy (non-hydrogen) atoms. The zero-order valence-electron chi connectivity index (χ0n) is 10.1. The van der Waals surface area contributed by atoms with Crippen LogP contribution in [-0.4, -0.2) is 32.4 Å². The van der Waals surface area contributed by atoms with Crippen molar-refractivity contribution in [2.45, 2.75) is 13.0 Å². The molecule has 7 heteroatoms. The second kappa shape index (κ2) is 5.58. The van der Waals surface area contributed by atoms with E-state index in [0.29, 0.717) is 16.3 Å². The molecule has 1 aromatic carbocycles. The number of nitrogens with two attached hydrogens (primary N) is 1. The van der Waals surface area contributed by atoms with Gasteiger partial charge in [0.1, 0.15) is 9.84 Å². The Balaban J connectivity index is 2.73. The maximum absolute atomic E-state index is 11.8. The molecule has 1 rings (SSSR count). The van der Waals surface area contributed by atoms with Gasteiger partial charge >= 0.3 is 0 Å². The number of sulfone groups is 1. The van der Waals surface area contributed by atoms with Gasteiger partial charge in [0, 0.05) is 17.9 Å². The van der Waals surface area contributed by atoms with Crippen LogP contribution >= 0.6 is 11.6 Å². The normalized spacial score (nSPS) is 13.1. The lowest BCUT2D eigenvalue weighted by Gasteiger charge is -2.13. The molecule has 1 unspecified atom stereocenters. The Hall–Kier alpha value is -1.27. The maximum Gasteiger partial charge on any atom is 0.251 e. The molecule has 3 N–H and O–H groups in total. The van der Waals surface area contributed by atoms with Gasteiger partial charge < -0.3 is 11.1 Å². The quantitative estimate of drug-likeness (QED) is 0.812. The van der Waals surface area contributed by atoms with Gasteiger partial charge in [-0.05, 0) is 25.1 Å². The van der Waals surface area contributed by atoms with Gasteiger partial charge in [0.05, 0.1) is 16.5 Å². The van der Waals surface area contributed by atoms with Crippen LogP contribution < -0.4 is 11.1 Å². The highest BCUT2D eigenvalue weighted by atomic mass is 35.5. The van der Waals surface area contributed by atoms with E-state index in [9.17, 15) is 13.2 Å². The number of anilines is 1. The Morgan fingerprint density at radius 3 is 2.61 bits per heavy atom. The van der Waals surface area contributed by atoms with Gasteiger partial charge in [0.25, 0.3) is 5.91 Å². The average Bonchev–Trinajstić information content (AvgIpc) is 2.18. The van der Waals surface area contributed by atoms with E-state index < -0.39 is 15.9 Å². The third kappa shape index (κ3) is 4.54. The van der Waals surface area contributed by atoms with E-state index in [0.717, 1.165) is 6.26 Å². The highest BCUT2D eigenvalue weighted by Crippen LogP contribution is 2.19. The van der Waals surface area contributed by atoms with Crippen molar-refractivity contribution in [3.8, 4) is 0 Å². The van der Waals surface area contributed by atoms with Crippen molar-refractivity contribution < 1.29 is 13.2 Å². The van der Waals surface area contributed by atoms with Crippen molar-refractivity contribution in [1.29, 1.82) is 0 Å². The summed E-state index contributed by atoms with van der Waals surface area (Å²) >= 11 is 5.80. The van der Waals surface area contributed by atoms with E-state index in [2.05, 4.69) is 5.32 Å². The predicted octanol–water partition coefficient (Wildman–Crippen LogP) is 1.09. The molecule has 0 radical (unpaired) electrons. The molecular formula is C11H15ClN2O3S. The Labute approximate surface area is 111 Å². The summed E-state index contributed by atoms with van der Waals surface area (Å²) in [7, 11) is -3.13. The van der Waals surface area contributed by atoms with Crippen LogP contribution in [0.1, 0.15) is 17.3 Å². The van der Waals surface area contributed by atoms with Crippen molar-refractivity contribution in [2.24, 2.45) is 0 Å². The topological polar surface area (TPSA) is 89.3 Å². The van der Waals surface area contributed by atoms with E-state index in [1.54, 1.807) is 6.92 Å². The summed E-state index contributed by atoms with van der Waals surface area (Å²) in [5.74, 6) is -0.491. The molecule has 0 aromatic heterocycles. The molecule has 0 heterocycles. The number of nitrogens with one attached hydrogen (secondary N) is 1. The lowest BCUT2D eigenvalue weighted by Crippen LogP contribution is -2.37. The van der Waals surface area contributed by atoms with Crippen molar-refractivity contribution in [3.63, 3.8) is 0 Å². The number of carbonyl (C=O) groups is 1. The van der Waals surface area contributed by atoms with Crippen LogP contribution in [0.25, 0.3) is 0 Å². The van der Waals surface area contributed by atoms with Crippen LogP contribution in [0.15, 0.2) is 18.2 Å². The molecule has 1 atom stereocenters. The van der Waals surface area contributed by atoms with E-state index in [-0.39, 0.29) is 11.7 Å². The Bertz CT molecular complexity index is 557. The monoisotopic (exact) mass is 290 g/mol. The minimum Gasteiger partial charge on any atom is -0.398 e. The summed E-state index contributed by atoms with van der Waals surface area (Å²) in [6.45, 7) is 1.62.